The van der Waals surface area contributed by atoms with Crippen molar-refractivity contribution in [1.82, 2.24) is 0 Å². The van der Waals surface area contributed by atoms with E-state index >= 15 is 0 Å². The van der Waals surface area contributed by atoms with Gasteiger partial charge in [-0.25, -0.2) is 4.79 Å². The molecule has 3 aromatic rings. The highest BCUT2D eigenvalue weighted by Crippen LogP contribution is 2.38. The van der Waals surface area contributed by atoms with E-state index in [2.05, 4.69) is 21.2 Å². The third kappa shape index (κ3) is 6.24. The minimum absolute atomic E-state index is 0.0961. The summed E-state index contributed by atoms with van der Waals surface area (Å²) in [7, 11) is 1.54. The number of para-hydroxylation sites is 1. The lowest BCUT2D eigenvalue weighted by Gasteiger charge is -2.14. The van der Waals surface area contributed by atoms with Crippen molar-refractivity contribution in [2.24, 2.45) is 0 Å². The zero-order chi connectivity index (χ0) is 24.5. The van der Waals surface area contributed by atoms with Gasteiger partial charge >= 0.3 is 5.97 Å². The Labute approximate surface area is 205 Å². The molecular weight excluding hydrogens is 500 g/mol. The molecule has 0 aromatic heterocycles. The summed E-state index contributed by atoms with van der Waals surface area (Å²) < 4.78 is 16.8. The Balaban J connectivity index is 1.87. The molecule has 8 heteroatoms. The van der Waals surface area contributed by atoms with Crippen molar-refractivity contribution in [3.63, 3.8) is 0 Å². The molecule has 0 aliphatic carbocycles. The van der Waals surface area contributed by atoms with Crippen molar-refractivity contribution in [1.29, 1.82) is 5.26 Å². The summed E-state index contributed by atoms with van der Waals surface area (Å²) in [5.74, 6) is -0.0309. The van der Waals surface area contributed by atoms with E-state index in [1.807, 2.05) is 12.1 Å². The zero-order valence-electron chi connectivity index (χ0n) is 18.5. The highest BCUT2D eigenvalue weighted by molar-refractivity contribution is 9.10. The van der Waals surface area contributed by atoms with Crippen molar-refractivity contribution in [2.45, 2.75) is 6.92 Å². The SMILES string of the molecule is CCOc1cc(/C=C(\C#N)C(=O)Nc2ccccc2)cc(Br)c1OC(=O)c1ccc(OC)cc1. The molecule has 0 spiro atoms. The van der Waals surface area contributed by atoms with Crippen LogP contribution in [0.4, 0.5) is 5.69 Å². The molecular formula is C26H21BrN2O5. The fraction of sp³-hybridized carbons (Fsp3) is 0.115. The van der Waals surface area contributed by atoms with Crippen molar-refractivity contribution in [3.8, 4) is 23.3 Å². The van der Waals surface area contributed by atoms with Crippen LogP contribution in [0, 0.1) is 11.3 Å². The number of hydrogen-bond donors (Lipinski definition) is 1. The molecule has 0 aliphatic rings. The number of nitrogens with zero attached hydrogens (tertiary/aromatic N) is 1. The van der Waals surface area contributed by atoms with Gasteiger partial charge in [0.15, 0.2) is 11.5 Å². The summed E-state index contributed by atoms with van der Waals surface area (Å²) in [4.78, 5) is 25.2. The Kier molecular flexibility index (Phi) is 8.43. The number of carbonyl (C=O) groups excluding carboxylic acids is 2. The Hall–Kier alpha value is -4.09. The van der Waals surface area contributed by atoms with Crippen molar-refractivity contribution >= 4 is 39.6 Å². The number of amides is 1. The summed E-state index contributed by atoms with van der Waals surface area (Å²) in [6.45, 7) is 2.10. The first-order valence-electron chi connectivity index (χ1n) is 10.3. The standard InChI is InChI=1S/C26H21BrN2O5/c1-3-33-23-15-17(13-19(16-28)25(30)29-20-7-5-4-6-8-20)14-22(27)24(23)34-26(31)18-9-11-21(32-2)12-10-18/h4-15H,3H2,1-2H3,(H,29,30)/b19-13+. The van der Waals surface area contributed by atoms with Crippen LogP contribution >= 0.6 is 15.9 Å². The predicted molar refractivity (Wildman–Crippen MR) is 132 cm³/mol. The number of nitrogens with one attached hydrogen (secondary N) is 1. The third-order valence-corrected chi connectivity index (χ3v) is 5.15. The van der Waals surface area contributed by atoms with Crippen LogP contribution < -0.4 is 19.5 Å². The highest BCUT2D eigenvalue weighted by atomic mass is 79.9. The first kappa shape index (κ1) is 24.6. The zero-order valence-corrected chi connectivity index (χ0v) is 20.1. The van der Waals surface area contributed by atoms with Crippen LogP contribution in [0.25, 0.3) is 6.08 Å². The topological polar surface area (TPSA) is 97.6 Å². The third-order valence-electron chi connectivity index (χ3n) is 4.56. The number of rotatable bonds is 8. The smallest absolute Gasteiger partial charge is 0.343 e. The molecule has 34 heavy (non-hydrogen) atoms. The van der Waals surface area contributed by atoms with E-state index < -0.39 is 11.9 Å². The molecule has 0 aliphatic heterocycles. The minimum Gasteiger partial charge on any atom is -0.497 e. The second-order valence-electron chi connectivity index (χ2n) is 6.87. The summed E-state index contributed by atoms with van der Waals surface area (Å²) in [6, 6.07) is 20.5. The van der Waals surface area contributed by atoms with Gasteiger partial charge in [0.1, 0.15) is 17.4 Å². The number of benzene rings is 3. The van der Waals surface area contributed by atoms with Gasteiger partial charge in [0, 0.05) is 5.69 Å². The first-order valence-corrected chi connectivity index (χ1v) is 11.0. The number of anilines is 1. The number of carbonyl (C=O) groups is 2. The normalized spacial score (nSPS) is 10.7. The van der Waals surface area contributed by atoms with Crippen LogP contribution in [0.15, 0.2) is 76.8 Å². The number of hydrogen-bond acceptors (Lipinski definition) is 6. The fourth-order valence-corrected chi connectivity index (χ4v) is 3.49. The Bertz CT molecular complexity index is 1250. The maximum atomic E-state index is 12.6. The molecule has 0 unspecified atom stereocenters. The second kappa shape index (κ2) is 11.7. The maximum absolute atomic E-state index is 12.6. The van der Waals surface area contributed by atoms with Crippen LogP contribution in [0.1, 0.15) is 22.8 Å². The van der Waals surface area contributed by atoms with E-state index in [0.717, 1.165) is 0 Å². The van der Waals surface area contributed by atoms with E-state index in [4.69, 9.17) is 14.2 Å². The summed E-state index contributed by atoms with van der Waals surface area (Å²) in [5, 5.41) is 12.2. The molecule has 0 bridgehead atoms. The highest BCUT2D eigenvalue weighted by Gasteiger charge is 2.18. The Morgan fingerprint density at radius 3 is 2.41 bits per heavy atom. The van der Waals surface area contributed by atoms with Gasteiger partial charge in [-0.2, -0.15) is 5.26 Å². The lowest BCUT2D eigenvalue weighted by molar-refractivity contribution is -0.112. The molecule has 0 atom stereocenters. The molecule has 1 amide bonds. The molecule has 0 heterocycles. The Morgan fingerprint density at radius 1 is 1.09 bits per heavy atom. The average molecular weight is 521 g/mol. The number of nitriles is 1. The maximum Gasteiger partial charge on any atom is 0.343 e. The van der Waals surface area contributed by atoms with Gasteiger partial charge in [-0.1, -0.05) is 18.2 Å². The van der Waals surface area contributed by atoms with Crippen molar-refractivity contribution in [2.75, 3.05) is 19.0 Å². The average Bonchev–Trinajstić information content (AvgIpc) is 2.85. The van der Waals surface area contributed by atoms with E-state index in [9.17, 15) is 14.9 Å². The predicted octanol–water partition coefficient (Wildman–Crippen LogP) is 5.62. The molecule has 172 valence electrons. The number of ether oxygens (including phenoxy) is 3. The van der Waals surface area contributed by atoms with Gasteiger partial charge in [-0.05, 0) is 83.0 Å². The van der Waals surface area contributed by atoms with E-state index in [1.54, 1.807) is 67.6 Å². The molecule has 0 radical (unpaired) electrons. The molecule has 0 saturated carbocycles. The van der Waals surface area contributed by atoms with Gasteiger partial charge in [0.25, 0.3) is 5.91 Å². The van der Waals surface area contributed by atoms with Crippen molar-refractivity contribution < 1.29 is 23.8 Å². The molecule has 3 rings (SSSR count). The van der Waals surface area contributed by atoms with Crippen molar-refractivity contribution in [3.05, 3.63) is 87.9 Å². The van der Waals surface area contributed by atoms with Gasteiger partial charge < -0.3 is 19.5 Å². The largest absolute Gasteiger partial charge is 0.497 e. The fourth-order valence-electron chi connectivity index (χ4n) is 2.95. The monoisotopic (exact) mass is 520 g/mol. The summed E-state index contributed by atoms with van der Waals surface area (Å²) in [6.07, 6.45) is 1.43. The van der Waals surface area contributed by atoms with Crippen LogP contribution in [0.5, 0.6) is 17.2 Å². The van der Waals surface area contributed by atoms with Gasteiger partial charge in [0.2, 0.25) is 0 Å². The van der Waals surface area contributed by atoms with Crippen LogP contribution in [0.2, 0.25) is 0 Å². The van der Waals surface area contributed by atoms with E-state index in [1.165, 1.54) is 13.2 Å². The molecule has 3 aromatic carbocycles. The summed E-state index contributed by atoms with van der Waals surface area (Å²) in [5.41, 5.74) is 1.33. The van der Waals surface area contributed by atoms with Gasteiger partial charge in [-0.3, -0.25) is 4.79 Å². The molecule has 0 saturated heterocycles. The molecule has 0 fully saturated rings. The Morgan fingerprint density at radius 2 is 1.79 bits per heavy atom. The van der Waals surface area contributed by atoms with Crippen LogP contribution in [-0.2, 0) is 4.79 Å². The van der Waals surface area contributed by atoms with Gasteiger partial charge in [0.05, 0.1) is 23.8 Å². The summed E-state index contributed by atoms with van der Waals surface area (Å²) >= 11 is 3.40. The quantitative estimate of drug-likeness (QED) is 0.179. The van der Waals surface area contributed by atoms with Crippen LogP contribution in [-0.4, -0.2) is 25.6 Å². The number of esters is 1. The lowest BCUT2D eigenvalue weighted by atomic mass is 10.1. The van der Waals surface area contributed by atoms with E-state index in [0.29, 0.717) is 33.6 Å². The van der Waals surface area contributed by atoms with Crippen LogP contribution in [0.3, 0.4) is 0 Å². The number of methoxy groups -OCH3 is 1. The second-order valence-corrected chi connectivity index (χ2v) is 7.73. The molecule has 1 N–H and O–H groups in total. The van der Waals surface area contributed by atoms with Gasteiger partial charge in [-0.15, -0.1) is 0 Å². The number of halogens is 1. The first-order chi connectivity index (χ1) is 16.4. The lowest BCUT2D eigenvalue weighted by Crippen LogP contribution is -2.13. The molecule has 7 nitrogen and oxygen atoms in total. The minimum atomic E-state index is -0.576. The van der Waals surface area contributed by atoms with E-state index in [-0.39, 0.29) is 17.1 Å².